The van der Waals surface area contributed by atoms with Gasteiger partial charge in [-0.2, -0.15) is 0 Å². The molecule has 0 aromatic rings. The molecule has 72 valence electrons. The zero-order valence-corrected chi connectivity index (χ0v) is 8.34. The SMILES string of the molecule is CCCN1CCCC(C)(O)CC1. The molecule has 0 spiro atoms. The summed E-state index contributed by atoms with van der Waals surface area (Å²) in [6.45, 7) is 7.60. The summed E-state index contributed by atoms with van der Waals surface area (Å²) >= 11 is 0. The van der Waals surface area contributed by atoms with Crippen molar-refractivity contribution in [1.82, 2.24) is 4.90 Å². The van der Waals surface area contributed by atoms with Crippen molar-refractivity contribution in [1.29, 1.82) is 0 Å². The first-order valence-electron chi connectivity index (χ1n) is 5.09. The molecule has 0 aromatic heterocycles. The van der Waals surface area contributed by atoms with Gasteiger partial charge in [-0.1, -0.05) is 6.92 Å². The van der Waals surface area contributed by atoms with Crippen LogP contribution in [0.15, 0.2) is 0 Å². The highest BCUT2D eigenvalue weighted by molar-refractivity contribution is 4.78. The Hall–Kier alpha value is -0.0800. The van der Waals surface area contributed by atoms with E-state index in [1.54, 1.807) is 0 Å². The fourth-order valence-electron chi connectivity index (χ4n) is 1.86. The summed E-state index contributed by atoms with van der Waals surface area (Å²) in [7, 11) is 0. The first kappa shape index (κ1) is 10.0. The molecule has 2 heteroatoms. The van der Waals surface area contributed by atoms with Crippen molar-refractivity contribution >= 4 is 0 Å². The molecule has 0 radical (unpaired) electrons. The third-order valence-corrected chi connectivity index (χ3v) is 2.70. The number of rotatable bonds is 2. The van der Waals surface area contributed by atoms with Crippen LogP contribution in [0.2, 0.25) is 0 Å². The third-order valence-electron chi connectivity index (χ3n) is 2.70. The Morgan fingerprint density at radius 3 is 2.75 bits per heavy atom. The van der Waals surface area contributed by atoms with Gasteiger partial charge in [-0.05, 0) is 45.7 Å². The molecule has 2 nitrogen and oxygen atoms in total. The maximum absolute atomic E-state index is 9.81. The zero-order valence-electron chi connectivity index (χ0n) is 8.34. The average molecular weight is 171 g/mol. The lowest BCUT2D eigenvalue weighted by Gasteiger charge is -2.21. The number of hydrogen-bond acceptors (Lipinski definition) is 2. The van der Waals surface area contributed by atoms with Crippen LogP contribution in [0.25, 0.3) is 0 Å². The highest BCUT2D eigenvalue weighted by Crippen LogP contribution is 2.21. The molecule has 1 rings (SSSR count). The van der Waals surface area contributed by atoms with E-state index in [1.807, 2.05) is 6.92 Å². The van der Waals surface area contributed by atoms with Crippen LogP contribution in [-0.2, 0) is 0 Å². The predicted molar refractivity (Wildman–Crippen MR) is 51.2 cm³/mol. The summed E-state index contributed by atoms with van der Waals surface area (Å²) in [5.74, 6) is 0. The lowest BCUT2D eigenvalue weighted by molar-refractivity contribution is 0.0447. The monoisotopic (exact) mass is 171 g/mol. The first-order chi connectivity index (χ1) is 5.64. The van der Waals surface area contributed by atoms with Crippen molar-refractivity contribution in [2.45, 2.75) is 45.1 Å². The molecule has 0 saturated carbocycles. The summed E-state index contributed by atoms with van der Waals surface area (Å²) in [5, 5.41) is 9.81. The topological polar surface area (TPSA) is 23.5 Å². The summed E-state index contributed by atoms with van der Waals surface area (Å²) in [6.07, 6.45) is 4.27. The van der Waals surface area contributed by atoms with E-state index in [4.69, 9.17) is 0 Å². The van der Waals surface area contributed by atoms with Crippen LogP contribution in [0.5, 0.6) is 0 Å². The lowest BCUT2D eigenvalue weighted by Crippen LogP contribution is -2.28. The summed E-state index contributed by atoms with van der Waals surface area (Å²) < 4.78 is 0. The maximum Gasteiger partial charge on any atom is 0.0632 e. The second-order valence-electron chi connectivity index (χ2n) is 4.19. The molecule has 1 aliphatic heterocycles. The maximum atomic E-state index is 9.81. The molecule has 12 heavy (non-hydrogen) atoms. The Morgan fingerprint density at radius 1 is 1.33 bits per heavy atom. The molecule has 1 fully saturated rings. The minimum Gasteiger partial charge on any atom is -0.390 e. The van der Waals surface area contributed by atoms with E-state index in [2.05, 4.69) is 11.8 Å². The van der Waals surface area contributed by atoms with E-state index in [-0.39, 0.29) is 0 Å². The van der Waals surface area contributed by atoms with Gasteiger partial charge in [0, 0.05) is 6.54 Å². The van der Waals surface area contributed by atoms with Gasteiger partial charge >= 0.3 is 0 Å². The number of nitrogens with zero attached hydrogens (tertiary/aromatic N) is 1. The van der Waals surface area contributed by atoms with Crippen molar-refractivity contribution in [3.05, 3.63) is 0 Å². The van der Waals surface area contributed by atoms with E-state index in [0.29, 0.717) is 0 Å². The molecule has 1 heterocycles. The lowest BCUT2D eigenvalue weighted by atomic mass is 9.98. The number of aliphatic hydroxyl groups is 1. The normalized spacial score (nSPS) is 33.2. The number of hydrogen-bond donors (Lipinski definition) is 1. The van der Waals surface area contributed by atoms with Crippen LogP contribution in [0.1, 0.15) is 39.5 Å². The van der Waals surface area contributed by atoms with Crippen molar-refractivity contribution in [2.24, 2.45) is 0 Å². The van der Waals surface area contributed by atoms with E-state index >= 15 is 0 Å². The van der Waals surface area contributed by atoms with Crippen LogP contribution in [0, 0.1) is 0 Å². The zero-order chi connectivity index (χ0) is 9.03. The van der Waals surface area contributed by atoms with Crippen molar-refractivity contribution in [3.63, 3.8) is 0 Å². The Balaban J connectivity index is 2.34. The van der Waals surface area contributed by atoms with Gasteiger partial charge in [-0.3, -0.25) is 0 Å². The molecule has 0 amide bonds. The van der Waals surface area contributed by atoms with Gasteiger partial charge < -0.3 is 10.0 Å². The fourth-order valence-corrected chi connectivity index (χ4v) is 1.86. The van der Waals surface area contributed by atoms with Crippen LogP contribution in [0.3, 0.4) is 0 Å². The standard InChI is InChI=1S/C10H21NO/c1-3-7-11-8-4-5-10(2,12)6-9-11/h12H,3-9H2,1-2H3. The Kier molecular flexibility index (Phi) is 3.53. The van der Waals surface area contributed by atoms with Crippen molar-refractivity contribution in [3.8, 4) is 0 Å². The number of likely N-dealkylation sites (tertiary alicyclic amines) is 1. The van der Waals surface area contributed by atoms with E-state index in [0.717, 1.165) is 25.8 Å². The Labute approximate surface area is 75.6 Å². The van der Waals surface area contributed by atoms with Gasteiger partial charge in [0.05, 0.1) is 5.60 Å². The van der Waals surface area contributed by atoms with Gasteiger partial charge in [0.15, 0.2) is 0 Å². The summed E-state index contributed by atoms with van der Waals surface area (Å²) in [6, 6.07) is 0. The molecule has 1 N–H and O–H groups in total. The molecule has 0 bridgehead atoms. The molecule has 1 saturated heterocycles. The average Bonchev–Trinajstić information content (AvgIpc) is 2.14. The van der Waals surface area contributed by atoms with Crippen LogP contribution in [0.4, 0.5) is 0 Å². The molecule has 1 unspecified atom stereocenters. The predicted octanol–water partition coefficient (Wildman–Crippen LogP) is 1.63. The highest BCUT2D eigenvalue weighted by atomic mass is 16.3. The third kappa shape index (κ3) is 3.11. The van der Waals surface area contributed by atoms with Gasteiger partial charge in [0.1, 0.15) is 0 Å². The van der Waals surface area contributed by atoms with E-state index in [1.165, 1.54) is 19.5 Å². The second kappa shape index (κ2) is 4.24. The molecular weight excluding hydrogens is 150 g/mol. The van der Waals surface area contributed by atoms with Gasteiger partial charge in [0.25, 0.3) is 0 Å². The summed E-state index contributed by atoms with van der Waals surface area (Å²) in [5.41, 5.74) is -0.400. The van der Waals surface area contributed by atoms with E-state index < -0.39 is 5.60 Å². The van der Waals surface area contributed by atoms with Gasteiger partial charge in [0.2, 0.25) is 0 Å². The van der Waals surface area contributed by atoms with Crippen molar-refractivity contribution in [2.75, 3.05) is 19.6 Å². The molecule has 0 aliphatic carbocycles. The molecule has 1 atom stereocenters. The minimum atomic E-state index is -0.400. The molecule has 0 aromatic carbocycles. The van der Waals surface area contributed by atoms with E-state index in [9.17, 15) is 5.11 Å². The van der Waals surface area contributed by atoms with Gasteiger partial charge in [-0.15, -0.1) is 0 Å². The first-order valence-corrected chi connectivity index (χ1v) is 5.09. The Bertz CT molecular complexity index is 134. The van der Waals surface area contributed by atoms with Gasteiger partial charge in [-0.25, -0.2) is 0 Å². The molecular formula is C10H21NO. The van der Waals surface area contributed by atoms with Crippen LogP contribution >= 0.6 is 0 Å². The quantitative estimate of drug-likeness (QED) is 0.682. The van der Waals surface area contributed by atoms with Crippen molar-refractivity contribution < 1.29 is 5.11 Å². The Morgan fingerprint density at radius 2 is 2.08 bits per heavy atom. The smallest absolute Gasteiger partial charge is 0.0632 e. The highest BCUT2D eigenvalue weighted by Gasteiger charge is 2.24. The van der Waals surface area contributed by atoms with Crippen LogP contribution < -0.4 is 0 Å². The van der Waals surface area contributed by atoms with Crippen LogP contribution in [-0.4, -0.2) is 35.2 Å². The summed E-state index contributed by atoms with van der Waals surface area (Å²) in [4.78, 5) is 2.46. The minimum absolute atomic E-state index is 0.400. The largest absolute Gasteiger partial charge is 0.390 e. The molecule has 1 aliphatic rings. The fraction of sp³-hybridized carbons (Fsp3) is 1.00. The second-order valence-corrected chi connectivity index (χ2v) is 4.19.